The molecule has 4 nitrogen and oxygen atoms in total. The number of aromatic nitrogens is 2. The smallest absolute Gasteiger partial charge is 0.263 e. The summed E-state index contributed by atoms with van der Waals surface area (Å²) in [5.41, 5.74) is 3.40. The molecule has 0 saturated carbocycles. The van der Waals surface area contributed by atoms with E-state index in [1.165, 1.54) is 5.56 Å². The molecule has 0 radical (unpaired) electrons. The zero-order valence-electron chi connectivity index (χ0n) is 19.6. The lowest BCUT2D eigenvalue weighted by atomic mass is 9.96. The van der Waals surface area contributed by atoms with Gasteiger partial charge < -0.3 is 4.74 Å². The maximum absolute atomic E-state index is 13.9. The van der Waals surface area contributed by atoms with E-state index in [4.69, 9.17) is 32.9 Å². The molecule has 0 unspecified atom stereocenters. The molecule has 0 N–H and O–H groups in total. The molecule has 1 aliphatic heterocycles. The maximum atomic E-state index is 13.9. The molecule has 0 fully saturated rings. The molecule has 2 aromatic heterocycles. The third-order valence-electron chi connectivity index (χ3n) is 6.36. The number of rotatable bonds is 7. The van der Waals surface area contributed by atoms with Crippen molar-refractivity contribution in [2.75, 3.05) is 0 Å². The van der Waals surface area contributed by atoms with Crippen LogP contribution in [0.15, 0.2) is 58.5 Å². The standard InChI is InChI=1S/C27H26Cl2N2O2S2/c1-16(2)22-13-19-23(14-33-22)35-25-24(19)26(32)31(11-10-17-6-4-3-5-7-17)27(30-25)34-15-18-8-9-20(28)21(29)12-18/h3-9,12,16,22H,10-11,13-15H2,1-2H3/t22-/m1/s1. The van der Waals surface area contributed by atoms with Crippen LogP contribution in [0.4, 0.5) is 0 Å². The minimum Gasteiger partial charge on any atom is -0.372 e. The molecule has 35 heavy (non-hydrogen) atoms. The van der Waals surface area contributed by atoms with Crippen LogP contribution in [0.2, 0.25) is 10.0 Å². The summed E-state index contributed by atoms with van der Waals surface area (Å²) in [6.45, 7) is 5.45. The first kappa shape index (κ1) is 24.8. The van der Waals surface area contributed by atoms with Crippen molar-refractivity contribution in [1.82, 2.24) is 9.55 Å². The molecule has 0 saturated heterocycles. The number of benzene rings is 2. The Balaban J connectivity index is 1.53. The second kappa shape index (κ2) is 10.7. The molecular weight excluding hydrogens is 519 g/mol. The first-order chi connectivity index (χ1) is 16.9. The van der Waals surface area contributed by atoms with E-state index in [-0.39, 0.29) is 11.7 Å². The molecule has 4 aromatic rings. The first-order valence-electron chi connectivity index (χ1n) is 11.7. The minimum atomic E-state index is 0.0458. The lowest BCUT2D eigenvalue weighted by Crippen LogP contribution is -2.29. The van der Waals surface area contributed by atoms with Crippen molar-refractivity contribution >= 4 is 56.5 Å². The van der Waals surface area contributed by atoms with Gasteiger partial charge in [0.25, 0.3) is 5.56 Å². The highest BCUT2D eigenvalue weighted by Crippen LogP contribution is 2.36. The number of nitrogens with zero attached hydrogens (tertiary/aromatic N) is 2. The Labute approximate surface area is 223 Å². The number of thiophene rings is 1. The zero-order valence-corrected chi connectivity index (χ0v) is 22.7. The van der Waals surface area contributed by atoms with E-state index in [1.807, 2.05) is 34.9 Å². The summed E-state index contributed by atoms with van der Waals surface area (Å²) >= 11 is 15.4. The van der Waals surface area contributed by atoms with E-state index in [0.717, 1.165) is 44.2 Å². The maximum Gasteiger partial charge on any atom is 0.263 e. The predicted molar refractivity (Wildman–Crippen MR) is 147 cm³/mol. The molecule has 0 spiro atoms. The van der Waals surface area contributed by atoms with Gasteiger partial charge in [0, 0.05) is 23.6 Å². The molecule has 5 rings (SSSR count). The summed E-state index contributed by atoms with van der Waals surface area (Å²) in [6.07, 6.45) is 1.65. The topological polar surface area (TPSA) is 44.1 Å². The summed E-state index contributed by atoms with van der Waals surface area (Å²) in [5, 5.41) is 2.56. The van der Waals surface area contributed by atoms with Crippen molar-refractivity contribution in [1.29, 1.82) is 0 Å². The zero-order chi connectivity index (χ0) is 24.5. The quantitative estimate of drug-likeness (QED) is 0.179. The van der Waals surface area contributed by atoms with Gasteiger partial charge >= 0.3 is 0 Å². The second-order valence-electron chi connectivity index (χ2n) is 9.11. The fourth-order valence-electron chi connectivity index (χ4n) is 4.34. The highest BCUT2D eigenvalue weighted by molar-refractivity contribution is 7.98. The Bertz CT molecular complexity index is 1420. The Morgan fingerprint density at radius 3 is 2.69 bits per heavy atom. The SMILES string of the molecule is CC(C)[C@H]1Cc2c(sc3nc(SCc4ccc(Cl)c(Cl)c4)n(CCc4ccccc4)c(=O)c23)CO1. The van der Waals surface area contributed by atoms with E-state index in [2.05, 4.69) is 26.0 Å². The number of fused-ring (bicyclic) bond motifs is 3. The summed E-state index contributed by atoms with van der Waals surface area (Å²) in [5.74, 6) is 1.04. The Morgan fingerprint density at radius 1 is 1.14 bits per heavy atom. The number of hydrogen-bond donors (Lipinski definition) is 0. The van der Waals surface area contributed by atoms with Crippen molar-refractivity contribution in [3.8, 4) is 0 Å². The van der Waals surface area contributed by atoms with Gasteiger partial charge in [-0.2, -0.15) is 0 Å². The van der Waals surface area contributed by atoms with E-state index in [0.29, 0.717) is 34.9 Å². The van der Waals surface area contributed by atoms with Crippen LogP contribution in [-0.2, 0) is 36.5 Å². The van der Waals surface area contributed by atoms with Crippen molar-refractivity contribution < 1.29 is 4.74 Å². The third kappa shape index (κ3) is 5.32. The van der Waals surface area contributed by atoms with E-state index in [1.54, 1.807) is 29.2 Å². The summed E-state index contributed by atoms with van der Waals surface area (Å²) < 4.78 is 7.92. The lowest BCUT2D eigenvalue weighted by Gasteiger charge is -2.26. The Morgan fingerprint density at radius 2 is 1.94 bits per heavy atom. The van der Waals surface area contributed by atoms with Crippen molar-refractivity contribution in [3.05, 3.63) is 90.5 Å². The number of thioether (sulfide) groups is 1. The normalized spacial score (nSPS) is 15.6. The van der Waals surface area contributed by atoms with Gasteiger partial charge in [0.1, 0.15) is 4.83 Å². The average Bonchev–Trinajstić information content (AvgIpc) is 3.22. The Kier molecular flexibility index (Phi) is 7.56. The summed E-state index contributed by atoms with van der Waals surface area (Å²) in [6, 6.07) is 15.9. The van der Waals surface area contributed by atoms with E-state index in [9.17, 15) is 4.79 Å². The molecule has 0 bridgehead atoms. The highest BCUT2D eigenvalue weighted by atomic mass is 35.5. The number of hydrogen-bond acceptors (Lipinski definition) is 5. The summed E-state index contributed by atoms with van der Waals surface area (Å²) in [4.78, 5) is 20.9. The van der Waals surface area contributed by atoms with Gasteiger partial charge in [-0.05, 0) is 41.2 Å². The number of halogens is 2. The van der Waals surface area contributed by atoms with E-state index >= 15 is 0 Å². The van der Waals surface area contributed by atoms with Gasteiger partial charge in [0.2, 0.25) is 0 Å². The van der Waals surface area contributed by atoms with Crippen LogP contribution < -0.4 is 5.56 Å². The van der Waals surface area contributed by atoms with E-state index < -0.39 is 0 Å². The van der Waals surface area contributed by atoms with Crippen LogP contribution in [-0.4, -0.2) is 15.7 Å². The predicted octanol–water partition coefficient (Wildman–Crippen LogP) is 7.40. The van der Waals surface area contributed by atoms with Crippen LogP contribution in [0, 0.1) is 5.92 Å². The van der Waals surface area contributed by atoms with Gasteiger partial charge in [-0.25, -0.2) is 4.98 Å². The lowest BCUT2D eigenvalue weighted by molar-refractivity contribution is 0.00200. The largest absolute Gasteiger partial charge is 0.372 e. The van der Waals surface area contributed by atoms with Crippen molar-refractivity contribution in [2.45, 2.75) is 56.9 Å². The molecule has 0 amide bonds. The molecule has 1 aliphatic rings. The third-order valence-corrected chi connectivity index (χ3v) is 9.24. The fourth-order valence-corrected chi connectivity index (χ4v) is 6.79. The minimum absolute atomic E-state index is 0.0458. The van der Waals surface area contributed by atoms with Gasteiger partial charge in [-0.15, -0.1) is 11.3 Å². The molecular formula is C27H26Cl2N2O2S2. The number of aryl methyl sites for hydroxylation is 1. The van der Waals surface area contributed by atoms with Gasteiger partial charge in [0.05, 0.1) is 28.1 Å². The summed E-state index contributed by atoms with van der Waals surface area (Å²) in [7, 11) is 0. The molecule has 1 atom stereocenters. The molecule has 182 valence electrons. The number of ether oxygens (including phenoxy) is 1. The molecule has 2 aromatic carbocycles. The van der Waals surface area contributed by atoms with Gasteiger partial charge in [-0.3, -0.25) is 9.36 Å². The monoisotopic (exact) mass is 544 g/mol. The molecule has 8 heteroatoms. The van der Waals surface area contributed by atoms with Gasteiger partial charge in [0.15, 0.2) is 5.16 Å². The second-order valence-corrected chi connectivity index (χ2v) is 11.9. The van der Waals surface area contributed by atoms with Crippen LogP contribution in [0.5, 0.6) is 0 Å². The van der Waals surface area contributed by atoms with Crippen LogP contribution in [0.25, 0.3) is 10.2 Å². The van der Waals surface area contributed by atoms with Crippen LogP contribution in [0.3, 0.4) is 0 Å². The van der Waals surface area contributed by atoms with Crippen molar-refractivity contribution in [3.63, 3.8) is 0 Å². The average molecular weight is 546 g/mol. The molecule has 0 aliphatic carbocycles. The first-order valence-corrected chi connectivity index (χ1v) is 14.2. The Hall–Kier alpha value is -1.83. The van der Waals surface area contributed by atoms with Crippen LogP contribution >= 0.6 is 46.3 Å². The highest BCUT2D eigenvalue weighted by Gasteiger charge is 2.28. The fraction of sp³-hybridized carbons (Fsp3) is 0.333. The van der Waals surface area contributed by atoms with Crippen LogP contribution in [0.1, 0.15) is 35.4 Å². The van der Waals surface area contributed by atoms with Gasteiger partial charge in [-0.1, -0.05) is 85.2 Å². The molecule has 3 heterocycles. The van der Waals surface area contributed by atoms with Crippen molar-refractivity contribution in [2.24, 2.45) is 5.92 Å².